The summed E-state index contributed by atoms with van der Waals surface area (Å²) in [5, 5.41) is 3.44. The van der Waals surface area contributed by atoms with Gasteiger partial charge in [-0.25, -0.2) is 4.39 Å². The van der Waals surface area contributed by atoms with Gasteiger partial charge >= 0.3 is 0 Å². The lowest BCUT2D eigenvalue weighted by atomic mass is 10.1. The third-order valence-electron chi connectivity index (χ3n) is 3.01. The molecule has 0 amide bonds. The number of anilines is 1. The highest BCUT2D eigenvalue weighted by Crippen LogP contribution is 2.16. The summed E-state index contributed by atoms with van der Waals surface area (Å²) in [4.78, 5) is 2.20. The molecule has 1 unspecified atom stereocenters. The molecular weight excluding hydrogens is 215 g/mol. The smallest absolute Gasteiger partial charge is 0.123 e. The van der Waals surface area contributed by atoms with Crippen molar-refractivity contribution in [1.29, 1.82) is 0 Å². The average Bonchev–Trinajstić information content (AvgIpc) is 2.30. The summed E-state index contributed by atoms with van der Waals surface area (Å²) in [6.07, 6.45) is 1.06. The average molecular weight is 238 g/mol. The summed E-state index contributed by atoms with van der Waals surface area (Å²) in [6, 6.07) is 7.59. The highest BCUT2D eigenvalue weighted by molar-refractivity contribution is 5.46. The number of halogens is 1. The second-order valence-electron chi connectivity index (χ2n) is 4.71. The zero-order valence-electron chi connectivity index (χ0n) is 11.2. The van der Waals surface area contributed by atoms with Gasteiger partial charge in [-0.1, -0.05) is 20.8 Å². The number of likely N-dealkylation sites (N-methyl/N-ethyl adjacent to an activating group) is 1. The van der Waals surface area contributed by atoms with Crippen LogP contribution in [0.5, 0.6) is 0 Å². The molecule has 1 atom stereocenters. The Morgan fingerprint density at radius 2 is 1.82 bits per heavy atom. The van der Waals surface area contributed by atoms with E-state index in [1.807, 2.05) is 12.1 Å². The summed E-state index contributed by atoms with van der Waals surface area (Å²) < 4.78 is 12.9. The van der Waals surface area contributed by atoms with Crippen LogP contribution in [0.4, 0.5) is 10.1 Å². The Hall–Kier alpha value is -1.09. The number of hydrogen-bond donors (Lipinski definition) is 1. The van der Waals surface area contributed by atoms with E-state index in [1.165, 1.54) is 12.1 Å². The van der Waals surface area contributed by atoms with Crippen molar-refractivity contribution in [2.24, 2.45) is 0 Å². The first-order valence-corrected chi connectivity index (χ1v) is 6.26. The van der Waals surface area contributed by atoms with Crippen molar-refractivity contribution in [1.82, 2.24) is 5.32 Å². The fraction of sp³-hybridized carbons (Fsp3) is 0.571. The molecule has 0 aliphatic rings. The maximum atomic E-state index is 12.9. The minimum absolute atomic E-state index is 0.185. The quantitative estimate of drug-likeness (QED) is 0.819. The van der Waals surface area contributed by atoms with Gasteiger partial charge in [0.2, 0.25) is 0 Å². The molecule has 2 nitrogen and oxygen atoms in total. The van der Waals surface area contributed by atoms with Gasteiger partial charge in [0.1, 0.15) is 5.82 Å². The van der Waals surface area contributed by atoms with E-state index in [0.717, 1.165) is 18.7 Å². The van der Waals surface area contributed by atoms with E-state index in [4.69, 9.17) is 0 Å². The molecule has 0 saturated carbocycles. The van der Waals surface area contributed by atoms with Gasteiger partial charge in [0.05, 0.1) is 0 Å². The molecule has 17 heavy (non-hydrogen) atoms. The molecule has 1 rings (SSSR count). The highest BCUT2D eigenvalue weighted by atomic mass is 19.1. The Morgan fingerprint density at radius 1 is 1.24 bits per heavy atom. The molecule has 1 aromatic rings. The Morgan fingerprint density at radius 3 is 2.29 bits per heavy atom. The molecule has 3 heteroatoms. The van der Waals surface area contributed by atoms with Crippen LogP contribution in [0.2, 0.25) is 0 Å². The summed E-state index contributed by atoms with van der Waals surface area (Å²) in [5.74, 6) is -0.185. The molecule has 0 aliphatic carbocycles. The molecule has 0 saturated heterocycles. The van der Waals surface area contributed by atoms with Crippen LogP contribution < -0.4 is 10.2 Å². The molecule has 0 aromatic heterocycles. The SMILES string of the molecule is CCC(CNC(C)C)N(C)c1ccc(F)cc1. The Labute approximate surface area is 104 Å². The zero-order chi connectivity index (χ0) is 12.8. The van der Waals surface area contributed by atoms with E-state index in [-0.39, 0.29) is 5.82 Å². The van der Waals surface area contributed by atoms with Gasteiger partial charge in [0.25, 0.3) is 0 Å². The molecule has 0 bridgehead atoms. The highest BCUT2D eigenvalue weighted by Gasteiger charge is 2.13. The van der Waals surface area contributed by atoms with E-state index < -0.39 is 0 Å². The standard InChI is InChI=1S/C14H23FN2/c1-5-13(10-16-11(2)3)17(4)14-8-6-12(15)7-9-14/h6-9,11,13,16H,5,10H2,1-4H3. The summed E-state index contributed by atoms with van der Waals surface area (Å²) in [6.45, 7) is 7.41. The normalized spacial score (nSPS) is 12.8. The van der Waals surface area contributed by atoms with Crippen LogP contribution in [0.3, 0.4) is 0 Å². The lowest BCUT2D eigenvalue weighted by Crippen LogP contribution is -2.41. The maximum Gasteiger partial charge on any atom is 0.123 e. The topological polar surface area (TPSA) is 15.3 Å². The van der Waals surface area contributed by atoms with Crippen molar-refractivity contribution in [3.8, 4) is 0 Å². The molecule has 0 fully saturated rings. The van der Waals surface area contributed by atoms with E-state index in [1.54, 1.807) is 0 Å². The number of hydrogen-bond acceptors (Lipinski definition) is 2. The van der Waals surface area contributed by atoms with Crippen molar-refractivity contribution >= 4 is 5.69 Å². The zero-order valence-corrected chi connectivity index (χ0v) is 11.2. The van der Waals surface area contributed by atoms with Crippen LogP contribution in [0.1, 0.15) is 27.2 Å². The number of rotatable bonds is 6. The lowest BCUT2D eigenvalue weighted by molar-refractivity contribution is 0.502. The van der Waals surface area contributed by atoms with Gasteiger partial charge < -0.3 is 10.2 Å². The van der Waals surface area contributed by atoms with Crippen LogP contribution in [0, 0.1) is 5.82 Å². The Kier molecular flexibility index (Phi) is 5.42. The van der Waals surface area contributed by atoms with E-state index in [9.17, 15) is 4.39 Å². The first kappa shape index (κ1) is 14.0. The van der Waals surface area contributed by atoms with Crippen molar-refractivity contribution in [3.63, 3.8) is 0 Å². The largest absolute Gasteiger partial charge is 0.370 e. The monoisotopic (exact) mass is 238 g/mol. The number of nitrogens with one attached hydrogen (secondary N) is 1. The Bertz CT molecular complexity index is 321. The van der Waals surface area contributed by atoms with Gasteiger partial charge in [0.15, 0.2) is 0 Å². The molecule has 0 spiro atoms. The third kappa shape index (κ3) is 4.35. The van der Waals surface area contributed by atoms with Crippen LogP contribution in [-0.4, -0.2) is 25.7 Å². The van der Waals surface area contributed by atoms with Crippen molar-refractivity contribution in [2.75, 3.05) is 18.5 Å². The van der Waals surface area contributed by atoms with E-state index in [2.05, 4.69) is 38.0 Å². The van der Waals surface area contributed by atoms with Gasteiger partial charge in [0, 0.05) is 31.4 Å². The van der Waals surface area contributed by atoms with Crippen LogP contribution >= 0.6 is 0 Å². The summed E-state index contributed by atoms with van der Waals surface area (Å²) >= 11 is 0. The summed E-state index contributed by atoms with van der Waals surface area (Å²) in [5.41, 5.74) is 1.06. The molecular formula is C14H23FN2. The molecule has 96 valence electrons. The fourth-order valence-corrected chi connectivity index (χ4v) is 1.81. The van der Waals surface area contributed by atoms with Crippen LogP contribution in [-0.2, 0) is 0 Å². The number of benzene rings is 1. The van der Waals surface area contributed by atoms with Crippen molar-refractivity contribution in [2.45, 2.75) is 39.3 Å². The van der Waals surface area contributed by atoms with E-state index in [0.29, 0.717) is 12.1 Å². The molecule has 1 aromatic carbocycles. The van der Waals surface area contributed by atoms with Gasteiger partial charge in [-0.3, -0.25) is 0 Å². The molecule has 0 heterocycles. The minimum atomic E-state index is -0.185. The molecule has 0 aliphatic heterocycles. The second kappa shape index (κ2) is 6.60. The van der Waals surface area contributed by atoms with E-state index >= 15 is 0 Å². The van der Waals surface area contributed by atoms with Gasteiger partial charge in [-0.05, 0) is 30.7 Å². The van der Waals surface area contributed by atoms with Crippen molar-refractivity contribution < 1.29 is 4.39 Å². The predicted octanol–water partition coefficient (Wildman–Crippen LogP) is 3.04. The first-order valence-electron chi connectivity index (χ1n) is 6.26. The Balaban J connectivity index is 2.64. The molecule has 1 N–H and O–H groups in total. The minimum Gasteiger partial charge on any atom is -0.370 e. The van der Waals surface area contributed by atoms with Crippen LogP contribution in [0.25, 0.3) is 0 Å². The summed E-state index contributed by atoms with van der Waals surface area (Å²) in [7, 11) is 2.06. The van der Waals surface area contributed by atoms with Gasteiger partial charge in [-0.2, -0.15) is 0 Å². The number of nitrogens with zero attached hydrogens (tertiary/aromatic N) is 1. The lowest BCUT2D eigenvalue weighted by Gasteiger charge is -2.30. The van der Waals surface area contributed by atoms with Gasteiger partial charge in [-0.15, -0.1) is 0 Å². The van der Waals surface area contributed by atoms with Crippen LogP contribution in [0.15, 0.2) is 24.3 Å². The molecule has 0 radical (unpaired) electrons. The predicted molar refractivity (Wildman–Crippen MR) is 72.0 cm³/mol. The second-order valence-corrected chi connectivity index (χ2v) is 4.71. The first-order chi connectivity index (χ1) is 8.04. The van der Waals surface area contributed by atoms with Crippen molar-refractivity contribution in [3.05, 3.63) is 30.1 Å². The fourth-order valence-electron chi connectivity index (χ4n) is 1.81. The maximum absolute atomic E-state index is 12.9. The third-order valence-corrected chi connectivity index (χ3v) is 3.01.